The van der Waals surface area contributed by atoms with Crippen molar-refractivity contribution in [3.05, 3.63) is 51.4 Å². The van der Waals surface area contributed by atoms with Gasteiger partial charge >= 0.3 is 0 Å². The molecule has 1 aromatic carbocycles. The summed E-state index contributed by atoms with van der Waals surface area (Å²) in [6.45, 7) is 7.25. The van der Waals surface area contributed by atoms with Crippen molar-refractivity contribution in [1.29, 1.82) is 0 Å². The number of aromatic nitrogens is 2. The summed E-state index contributed by atoms with van der Waals surface area (Å²) in [5.41, 5.74) is 9.10. The Morgan fingerprint density at radius 3 is 2.62 bits per heavy atom. The third kappa shape index (κ3) is 4.23. The zero-order chi connectivity index (χ0) is 20.5. The molecular weight excluding hydrogens is 409 g/mol. The first-order valence-corrected chi connectivity index (χ1v) is 10.9. The second-order valence-electron chi connectivity index (χ2n) is 8.04. The molecule has 0 spiro atoms. The molecule has 156 valence electrons. The molecule has 6 nitrogen and oxygen atoms in total. The van der Waals surface area contributed by atoms with Gasteiger partial charge in [0.15, 0.2) is 0 Å². The van der Waals surface area contributed by atoms with Crippen LogP contribution in [0.3, 0.4) is 0 Å². The number of piperazine rings is 1. The van der Waals surface area contributed by atoms with Crippen LogP contribution in [0.5, 0.6) is 0 Å². The van der Waals surface area contributed by atoms with Gasteiger partial charge in [0.2, 0.25) is 0 Å². The van der Waals surface area contributed by atoms with Crippen molar-refractivity contribution in [2.45, 2.75) is 31.3 Å². The number of nitrogens with two attached hydrogens (primary N) is 1. The molecule has 3 atom stereocenters. The minimum atomic E-state index is -0.473. The summed E-state index contributed by atoms with van der Waals surface area (Å²) < 4.78 is 0. The molecule has 8 heteroatoms. The Morgan fingerprint density at radius 1 is 1.17 bits per heavy atom. The highest BCUT2D eigenvalue weighted by molar-refractivity contribution is 6.42. The van der Waals surface area contributed by atoms with Crippen molar-refractivity contribution in [3.8, 4) is 0 Å². The van der Waals surface area contributed by atoms with Crippen molar-refractivity contribution < 1.29 is 5.11 Å². The van der Waals surface area contributed by atoms with Crippen LogP contribution < -0.4 is 10.6 Å². The van der Waals surface area contributed by atoms with E-state index in [0.29, 0.717) is 16.6 Å². The highest BCUT2D eigenvalue weighted by Crippen LogP contribution is 2.42. The minimum absolute atomic E-state index is 0.217. The number of halogens is 2. The fourth-order valence-corrected chi connectivity index (χ4v) is 4.80. The van der Waals surface area contributed by atoms with Crippen molar-refractivity contribution >= 4 is 29.0 Å². The molecule has 0 unspecified atom stereocenters. The van der Waals surface area contributed by atoms with Gasteiger partial charge in [-0.3, -0.25) is 4.90 Å². The third-order valence-electron chi connectivity index (χ3n) is 6.13. The van der Waals surface area contributed by atoms with Crippen LogP contribution >= 0.6 is 23.2 Å². The van der Waals surface area contributed by atoms with Gasteiger partial charge in [0.25, 0.3) is 0 Å². The van der Waals surface area contributed by atoms with Crippen LogP contribution in [-0.4, -0.2) is 59.2 Å². The second-order valence-corrected chi connectivity index (χ2v) is 8.86. The van der Waals surface area contributed by atoms with Crippen LogP contribution in [0.1, 0.15) is 48.1 Å². The standard InChI is InChI=1S/C21H27Cl2N5O/c1-13-8-18(29)20-19(13)21(26-12-25-20)28-6-4-27(5-7-28)11-15(10-24)14-2-3-16(22)17(23)9-14/h2-3,9,12-13,15,18,29H,4-8,10-11,24H2,1H3/t13-,15+,18-/m1/s1. The monoisotopic (exact) mass is 435 g/mol. The predicted octanol–water partition coefficient (Wildman–Crippen LogP) is 3.19. The number of anilines is 1. The average molecular weight is 436 g/mol. The Labute approximate surface area is 181 Å². The molecule has 0 radical (unpaired) electrons. The number of hydrogen-bond acceptors (Lipinski definition) is 6. The summed E-state index contributed by atoms with van der Waals surface area (Å²) >= 11 is 12.2. The van der Waals surface area contributed by atoms with E-state index >= 15 is 0 Å². The summed E-state index contributed by atoms with van der Waals surface area (Å²) in [7, 11) is 0. The fraction of sp³-hybridized carbons (Fsp3) is 0.524. The van der Waals surface area contributed by atoms with Crippen LogP contribution in [0.4, 0.5) is 5.82 Å². The number of fused-ring (bicyclic) bond motifs is 1. The van der Waals surface area contributed by atoms with E-state index in [1.807, 2.05) is 18.2 Å². The van der Waals surface area contributed by atoms with E-state index in [0.717, 1.165) is 61.8 Å². The molecule has 1 aliphatic carbocycles. The maximum atomic E-state index is 10.2. The first kappa shape index (κ1) is 20.8. The maximum absolute atomic E-state index is 10.2. The summed E-state index contributed by atoms with van der Waals surface area (Å²) in [6.07, 6.45) is 1.83. The molecule has 0 amide bonds. The lowest BCUT2D eigenvalue weighted by molar-refractivity contribution is 0.170. The third-order valence-corrected chi connectivity index (χ3v) is 6.87. The molecule has 4 rings (SSSR count). The Hall–Kier alpha value is -1.44. The molecular formula is C21H27Cl2N5O. The van der Waals surface area contributed by atoms with E-state index in [-0.39, 0.29) is 11.8 Å². The zero-order valence-electron chi connectivity index (χ0n) is 16.6. The van der Waals surface area contributed by atoms with Gasteiger partial charge in [-0.05, 0) is 30.0 Å². The van der Waals surface area contributed by atoms with Crippen molar-refractivity contribution in [3.63, 3.8) is 0 Å². The van der Waals surface area contributed by atoms with Crippen LogP contribution in [-0.2, 0) is 0 Å². The highest BCUT2D eigenvalue weighted by Gasteiger charge is 2.33. The number of rotatable bonds is 5. The maximum Gasteiger partial charge on any atom is 0.135 e. The van der Waals surface area contributed by atoms with Crippen molar-refractivity contribution in [2.75, 3.05) is 44.2 Å². The molecule has 1 aromatic heterocycles. The van der Waals surface area contributed by atoms with Gasteiger partial charge in [0, 0.05) is 50.7 Å². The first-order valence-electron chi connectivity index (χ1n) is 10.1. The molecule has 2 aromatic rings. The quantitative estimate of drug-likeness (QED) is 0.750. The van der Waals surface area contributed by atoms with Crippen molar-refractivity contribution in [2.24, 2.45) is 5.73 Å². The Kier molecular flexibility index (Phi) is 6.27. The van der Waals surface area contributed by atoms with Gasteiger partial charge in [-0.25, -0.2) is 9.97 Å². The van der Waals surface area contributed by atoms with E-state index < -0.39 is 6.10 Å². The summed E-state index contributed by atoms with van der Waals surface area (Å²) in [5, 5.41) is 11.4. The second kappa shape index (κ2) is 8.74. The lowest BCUT2D eigenvalue weighted by atomic mass is 9.98. The molecule has 3 N–H and O–H groups in total. The van der Waals surface area contributed by atoms with Gasteiger partial charge < -0.3 is 15.7 Å². The van der Waals surface area contributed by atoms with Gasteiger partial charge in [-0.1, -0.05) is 36.2 Å². The largest absolute Gasteiger partial charge is 0.387 e. The van der Waals surface area contributed by atoms with Gasteiger partial charge in [-0.2, -0.15) is 0 Å². The van der Waals surface area contributed by atoms with E-state index in [9.17, 15) is 5.11 Å². The van der Waals surface area contributed by atoms with Crippen LogP contribution in [0, 0.1) is 0 Å². The van der Waals surface area contributed by atoms with E-state index in [2.05, 4.69) is 26.7 Å². The summed E-state index contributed by atoms with van der Waals surface area (Å²) in [4.78, 5) is 13.7. The van der Waals surface area contributed by atoms with Crippen LogP contribution in [0.25, 0.3) is 0 Å². The molecule has 2 aliphatic rings. The van der Waals surface area contributed by atoms with E-state index in [4.69, 9.17) is 28.9 Å². The van der Waals surface area contributed by atoms with E-state index in [1.54, 1.807) is 6.33 Å². The predicted molar refractivity (Wildman–Crippen MR) is 117 cm³/mol. The topological polar surface area (TPSA) is 78.5 Å². The molecule has 0 bridgehead atoms. The van der Waals surface area contributed by atoms with Gasteiger partial charge in [0.1, 0.15) is 12.1 Å². The minimum Gasteiger partial charge on any atom is -0.387 e. The molecule has 0 saturated carbocycles. The first-order chi connectivity index (χ1) is 14.0. The molecule has 1 aliphatic heterocycles. The number of nitrogens with zero attached hydrogens (tertiary/aromatic N) is 4. The van der Waals surface area contributed by atoms with Gasteiger partial charge in [-0.15, -0.1) is 0 Å². The Balaban J connectivity index is 1.42. The highest BCUT2D eigenvalue weighted by atomic mass is 35.5. The average Bonchev–Trinajstić information content (AvgIpc) is 3.03. The summed E-state index contributed by atoms with van der Waals surface area (Å²) in [5.74, 6) is 1.49. The molecule has 2 heterocycles. The van der Waals surface area contributed by atoms with Crippen molar-refractivity contribution in [1.82, 2.24) is 14.9 Å². The smallest absolute Gasteiger partial charge is 0.135 e. The molecule has 1 fully saturated rings. The zero-order valence-corrected chi connectivity index (χ0v) is 18.1. The number of benzene rings is 1. The van der Waals surface area contributed by atoms with Gasteiger partial charge in [0.05, 0.1) is 21.8 Å². The van der Waals surface area contributed by atoms with Crippen LogP contribution in [0.15, 0.2) is 24.5 Å². The lowest BCUT2D eigenvalue weighted by Gasteiger charge is -2.37. The number of aliphatic hydroxyl groups is 1. The Morgan fingerprint density at radius 2 is 1.93 bits per heavy atom. The van der Waals surface area contributed by atoms with Crippen LogP contribution in [0.2, 0.25) is 10.0 Å². The number of aliphatic hydroxyl groups excluding tert-OH is 1. The molecule has 29 heavy (non-hydrogen) atoms. The number of hydrogen-bond donors (Lipinski definition) is 2. The fourth-order valence-electron chi connectivity index (χ4n) is 4.49. The van der Waals surface area contributed by atoms with E-state index in [1.165, 1.54) is 0 Å². The Bertz CT molecular complexity index is 872. The summed E-state index contributed by atoms with van der Waals surface area (Å²) in [6, 6.07) is 5.78. The normalized spacial score (nSPS) is 23.3. The lowest BCUT2D eigenvalue weighted by Crippen LogP contribution is -2.48. The molecule has 1 saturated heterocycles. The SMILES string of the molecule is C[C@@H]1C[C@@H](O)c2ncnc(N3CCN(C[C@H](CN)c4ccc(Cl)c(Cl)c4)CC3)c21.